The third-order valence-electron chi connectivity index (χ3n) is 3.39. The highest BCUT2D eigenvalue weighted by Gasteiger charge is 2.27. The predicted octanol–water partition coefficient (Wildman–Crippen LogP) is 1.63. The zero-order chi connectivity index (χ0) is 13.9. The standard InChI is InChI=1S/C14H17N3O3/c1-18-8-11(15)14-16-13(17-20-14)10-6-7-19-12-5-3-2-4-9(10)12/h2-5,10-11H,6-8,15H2,1H3. The Balaban J connectivity index is 1.87. The Morgan fingerprint density at radius 1 is 1.45 bits per heavy atom. The van der Waals surface area contributed by atoms with Gasteiger partial charge in [0.1, 0.15) is 11.8 Å². The molecule has 1 aromatic carbocycles. The maximum atomic E-state index is 5.90. The molecule has 106 valence electrons. The predicted molar refractivity (Wildman–Crippen MR) is 71.5 cm³/mol. The maximum Gasteiger partial charge on any atom is 0.245 e. The van der Waals surface area contributed by atoms with Crippen molar-refractivity contribution in [2.24, 2.45) is 5.73 Å². The lowest BCUT2D eigenvalue weighted by Crippen LogP contribution is -2.18. The number of nitrogens with two attached hydrogens (primary N) is 1. The van der Waals surface area contributed by atoms with E-state index >= 15 is 0 Å². The molecule has 0 saturated carbocycles. The van der Waals surface area contributed by atoms with Gasteiger partial charge in [-0.2, -0.15) is 4.98 Å². The van der Waals surface area contributed by atoms with Crippen molar-refractivity contribution in [3.63, 3.8) is 0 Å². The van der Waals surface area contributed by atoms with Gasteiger partial charge in [-0.1, -0.05) is 23.4 Å². The van der Waals surface area contributed by atoms with E-state index in [0.29, 0.717) is 24.9 Å². The number of rotatable bonds is 4. The molecular formula is C14H17N3O3. The molecule has 6 nitrogen and oxygen atoms in total. The Kier molecular flexibility index (Phi) is 3.66. The van der Waals surface area contributed by atoms with Gasteiger partial charge >= 0.3 is 0 Å². The molecule has 0 radical (unpaired) electrons. The number of benzene rings is 1. The molecule has 20 heavy (non-hydrogen) atoms. The van der Waals surface area contributed by atoms with E-state index < -0.39 is 6.04 Å². The fourth-order valence-corrected chi connectivity index (χ4v) is 2.40. The highest BCUT2D eigenvalue weighted by molar-refractivity contribution is 5.40. The zero-order valence-corrected chi connectivity index (χ0v) is 11.3. The van der Waals surface area contributed by atoms with E-state index in [1.54, 1.807) is 7.11 Å². The van der Waals surface area contributed by atoms with Gasteiger partial charge in [-0.3, -0.25) is 0 Å². The molecule has 2 N–H and O–H groups in total. The monoisotopic (exact) mass is 275 g/mol. The van der Waals surface area contributed by atoms with E-state index in [-0.39, 0.29) is 5.92 Å². The lowest BCUT2D eigenvalue weighted by Gasteiger charge is -2.23. The smallest absolute Gasteiger partial charge is 0.245 e. The van der Waals surface area contributed by atoms with E-state index in [4.69, 9.17) is 19.7 Å². The van der Waals surface area contributed by atoms with Crippen LogP contribution in [0.25, 0.3) is 0 Å². The summed E-state index contributed by atoms with van der Waals surface area (Å²) in [5, 5.41) is 4.06. The molecule has 0 amide bonds. The largest absolute Gasteiger partial charge is 0.493 e. The number of fused-ring (bicyclic) bond motifs is 1. The summed E-state index contributed by atoms with van der Waals surface area (Å²) in [4.78, 5) is 4.41. The molecule has 2 atom stereocenters. The molecule has 2 aromatic rings. The number of ether oxygens (including phenoxy) is 2. The van der Waals surface area contributed by atoms with Gasteiger partial charge in [-0.15, -0.1) is 0 Å². The number of methoxy groups -OCH3 is 1. The summed E-state index contributed by atoms with van der Waals surface area (Å²) in [6.45, 7) is 1.00. The lowest BCUT2D eigenvalue weighted by atomic mass is 9.92. The maximum absolute atomic E-state index is 5.90. The molecule has 2 heterocycles. The summed E-state index contributed by atoms with van der Waals surface area (Å²) in [5.74, 6) is 2.04. The molecule has 0 aliphatic carbocycles. The Bertz CT molecular complexity index is 585. The molecular weight excluding hydrogens is 258 g/mol. The van der Waals surface area contributed by atoms with E-state index in [9.17, 15) is 0 Å². The third kappa shape index (κ3) is 2.39. The second-order valence-electron chi connectivity index (χ2n) is 4.78. The average Bonchev–Trinajstić information content (AvgIpc) is 2.97. The van der Waals surface area contributed by atoms with Crippen molar-refractivity contribution in [2.75, 3.05) is 20.3 Å². The van der Waals surface area contributed by atoms with Crippen LogP contribution < -0.4 is 10.5 Å². The van der Waals surface area contributed by atoms with E-state index in [0.717, 1.165) is 17.7 Å². The van der Waals surface area contributed by atoms with Gasteiger partial charge in [0.15, 0.2) is 5.82 Å². The second kappa shape index (κ2) is 5.60. The minimum absolute atomic E-state index is 0.0900. The fraction of sp³-hybridized carbons (Fsp3) is 0.429. The van der Waals surface area contributed by atoms with Crippen molar-refractivity contribution in [3.8, 4) is 5.75 Å². The van der Waals surface area contributed by atoms with Crippen LogP contribution in [0.3, 0.4) is 0 Å². The Morgan fingerprint density at radius 3 is 3.15 bits per heavy atom. The summed E-state index contributed by atoms with van der Waals surface area (Å²) in [5.41, 5.74) is 6.99. The third-order valence-corrected chi connectivity index (χ3v) is 3.39. The number of hydrogen-bond acceptors (Lipinski definition) is 6. The van der Waals surface area contributed by atoms with Gasteiger partial charge < -0.3 is 19.7 Å². The first-order chi connectivity index (χ1) is 9.79. The Hall–Kier alpha value is -1.92. The molecule has 6 heteroatoms. The summed E-state index contributed by atoms with van der Waals surface area (Å²) >= 11 is 0. The fourth-order valence-electron chi connectivity index (χ4n) is 2.40. The van der Waals surface area contributed by atoms with Gasteiger partial charge in [-0.25, -0.2) is 0 Å². The number of hydrogen-bond donors (Lipinski definition) is 1. The number of aromatic nitrogens is 2. The average molecular weight is 275 g/mol. The summed E-state index contributed by atoms with van der Waals surface area (Å²) < 4.78 is 15.9. The highest BCUT2D eigenvalue weighted by Crippen LogP contribution is 2.36. The van der Waals surface area contributed by atoms with Crippen molar-refractivity contribution < 1.29 is 14.0 Å². The molecule has 0 saturated heterocycles. The van der Waals surface area contributed by atoms with Gasteiger partial charge in [-0.05, 0) is 12.5 Å². The first-order valence-electron chi connectivity index (χ1n) is 6.59. The van der Waals surface area contributed by atoms with Crippen molar-refractivity contribution in [2.45, 2.75) is 18.4 Å². The molecule has 2 unspecified atom stereocenters. The second-order valence-corrected chi connectivity index (χ2v) is 4.78. The van der Waals surface area contributed by atoms with Crippen LogP contribution in [-0.2, 0) is 4.74 Å². The molecule has 1 aliphatic heterocycles. The summed E-state index contributed by atoms with van der Waals surface area (Å²) in [6.07, 6.45) is 0.829. The van der Waals surface area contributed by atoms with E-state index in [1.165, 1.54) is 0 Å². The van der Waals surface area contributed by atoms with Crippen LogP contribution in [0.4, 0.5) is 0 Å². The lowest BCUT2D eigenvalue weighted by molar-refractivity contribution is 0.166. The summed E-state index contributed by atoms with van der Waals surface area (Å²) in [7, 11) is 1.59. The minimum Gasteiger partial charge on any atom is -0.493 e. The van der Waals surface area contributed by atoms with Gasteiger partial charge in [0.2, 0.25) is 5.89 Å². The van der Waals surface area contributed by atoms with Crippen LogP contribution in [0.2, 0.25) is 0 Å². The molecule has 0 bridgehead atoms. The Morgan fingerprint density at radius 2 is 2.30 bits per heavy atom. The zero-order valence-electron chi connectivity index (χ0n) is 11.3. The normalized spacial score (nSPS) is 19.2. The SMILES string of the molecule is COCC(N)c1nc(C2CCOc3ccccc32)no1. The van der Waals surface area contributed by atoms with Gasteiger partial charge in [0.25, 0.3) is 0 Å². The van der Waals surface area contributed by atoms with E-state index in [2.05, 4.69) is 10.1 Å². The van der Waals surface area contributed by atoms with Crippen LogP contribution in [-0.4, -0.2) is 30.5 Å². The molecule has 1 aromatic heterocycles. The topological polar surface area (TPSA) is 83.4 Å². The van der Waals surface area contributed by atoms with Crippen molar-refractivity contribution in [3.05, 3.63) is 41.5 Å². The van der Waals surface area contributed by atoms with E-state index in [1.807, 2.05) is 24.3 Å². The van der Waals surface area contributed by atoms with Crippen LogP contribution in [0.1, 0.15) is 35.7 Å². The van der Waals surface area contributed by atoms with Gasteiger partial charge in [0.05, 0.1) is 19.1 Å². The van der Waals surface area contributed by atoms with Crippen molar-refractivity contribution in [1.29, 1.82) is 0 Å². The number of nitrogens with zero attached hydrogens (tertiary/aromatic N) is 2. The number of para-hydroxylation sites is 1. The van der Waals surface area contributed by atoms with Gasteiger partial charge in [0, 0.05) is 12.7 Å². The minimum atomic E-state index is -0.392. The van der Waals surface area contributed by atoms with Crippen LogP contribution in [0.15, 0.2) is 28.8 Å². The van der Waals surface area contributed by atoms with Crippen LogP contribution >= 0.6 is 0 Å². The first kappa shape index (κ1) is 13.1. The molecule has 0 spiro atoms. The molecule has 1 aliphatic rings. The summed E-state index contributed by atoms with van der Waals surface area (Å²) in [6, 6.07) is 7.54. The Labute approximate surface area is 116 Å². The van der Waals surface area contributed by atoms with Crippen molar-refractivity contribution in [1.82, 2.24) is 10.1 Å². The van der Waals surface area contributed by atoms with Crippen LogP contribution in [0, 0.1) is 0 Å². The van der Waals surface area contributed by atoms with Crippen molar-refractivity contribution >= 4 is 0 Å². The quantitative estimate of drug-likeness (QED) is 0.913. The van der Waals surface area contributed by atoms with Crippen LogP contribution in [0.5, 0.6) is 5.75 Å². The molecule has 0 fully saturated rings. The molecule has 3 rings (SSSR count). The first-order valence-corrected chi connectivity index (χ1v) is 6.59. The highest BCUT2D eigenvalue weighted by atomic mass is 16.5.